The Morgan fingerprint density at radius 1 is 1.18 bits per heavy atom. The summed E-state index contributed by atoms with van der Waals surface area (Å²) < 4.78 is 23.8. The fourth-order valence-corrected chi connectivity index (χ4v) is 3.60. The number of rotatable bonds is 7. The number of halogens is 2. The number of likely N-dealkylation sites (tertiary alicyclic amines) is 1. The van der Waals surface area contributed by atoms with Crippen LogP contribution in [0.4, 0.5) is 14.9 Å². The quantitative estimate of drug-likeness (QED) is 0.561. The van der Waals surface area contributed by atoms with Crippen LogP contribution in [0.15, 0.2) is 42.5 Å². The van der Waals surface area contributed by atoms with Crippen LogP contribution in [0.2, 0.25) is 5.02 Å². The molecule has 2 aromatic carbocycles. The number of anilines is 1. The van der Waals surface area contributed by atoms with Gasteiger partial charge in [0.25, 0.3) is 5.91 Å². The predicted molar refractivity (Wildman–Crippen MR) is 118 cm³/mol. The van der Waals surface area contributed by atoms with Crippen molar-refractivity contribution < 1.29 is 33.4 Å². The van der Waals surface area contributed by atoms with E-state index < -0.39 is 35.8 Å². The largest absolute Gasteiger partial charge is 0.497 e. The molecule has 0 saturated carbocycles. The minimum absolute atomic E-state index is 0.0623. The van der Waals surface area contributed by atoms with Crippen molar-refractivity contribution in [2.75, 3.05) is 25.6 Å². The Bertz CT molecular complexity index is 1040. The van der Waals surface area contributed by atoms with Crippen molar-refractivity contribution in [3.05, 3.63) is 53.3 Å². The lowest BCUT2D eigenvalue weighted by Crippen LogP contribution is -2.57. The number of amides is 3. The van der Waals surface area contributed by atoms with Crippen molar-refractivity contribution >= 4 is 35.2 Å². The highest BCUT2D eigenvalue weighted by molar-refractivity contribution is 6.30. The molecule has 0 unspecified atom stereocenters. The van der Waals surface area contributed by atoms with E-state index in [0.29, 0.717) is 17.9 Å². The third-order valence-electron chi connectivity index (χ3n) is 5.09. The Balaban J connectivity index is 1.55. The van der Waals surface area contributed by atoms with E-state index in [0.717, 1.165) is 11.0 Å². The highest BCUT2D eigenvalue weighted by Gasteiger charge is 2.36. The number of ether oxygens (including phenoxy) is 2. The summed E-state index contributed by atoms with van der Waals surface area (Å²) in [4.78, 5) is 37.7. The molecule has 1 aliphatic rings. The van der Waals surface area contributed by atoms with E-state index in [-0.39, 0.29) is 30.3 Å². The zero-order valence-electron chi connectivity index (χ0n) is 17.7. The summed E-state index contributed by atoms with van der Waals surface area (Å²) in [6.45, 7) is -0.447. The molecule has 176 valence electrons. The van der Waals surface area contributed by atoms with E-state index in [1.54, 1.807) is 24.3 Å². The number of carbonyl (C=O) groups excluding carboxylic acids is 2. The van der Waals surface area contributed by atoms with Crippen molar-refractivity contribution in [2.24, 2.45) is 0 Å². The number of benzene rings is 2. The van der Waals surface area contributed by atoms with E-state index in [9.17, 15) is 23.9 Å². The lowest BCUT2D eigenvalue weighted by atomic mass is 9.97. The molecule has 0 radical (unpaired) electrons. The zero-order chi connectivity index (χ0) is 24.0. The molecule has 0 bridgehead atoms. The zero-order valence-corrected chi connectivity index (χ0v) is 18.5. The van der Waals surface area contributed by atoms with E-state index in [4.69, 9.17) is 21.1 Å². The van der Waals surface area contributed by atoms with Gasteiger partial charge in [-0.25, -0.2) is 9.18 Å². The van der Waals surface area contributed by atoms with Crippen LogP contribution in [0.3, 0.4) is 0 Å². The molecule has 0 spiro atoms. The van der Waals surface area contributed by atoms with Crippen LogP contribution in [-0.4, -0.2) is 60.3 Å². The van der Waals surface area contributed by atoms with E-state index in [1.807, 2.05) is 0 Å². The van der Waals surface area contributed by atoms with E-state index >= 15 is 0 Å². The van der Waals surface area contributed by atoms with Gasteiger partial charge in [-0.3, -0.25) is 14.5 Å². The lowest BCUT2D eigenvalue weighted by molar-refractivity contribution is -0.125. The first-order valence-electron chi connectivity index (χ1n) is 10.1. The van der Waals surface area contributed by atoms with E-state index in [2.05, 4.69) is 10.6 Å². The fourth-order valence-electron chi connectivity index (χ4n) is 3.48. The first-order valence-corrected chi connectivity index (χ1v) is 10.5. The van der Waals surface area contributed by atoms with Crippen LogP contribution in [0.1, 0.15) is 12.8 Å². The maximum absolute atomic E-state index is 13.5. The van der Waals surface area contributed by atoms with E-state index in [1.165, 1.54) is 19.2 Å². The number of piperidine rings is 1. The standard InChI is InChI=1S/C22H23ClFN3O6/c1-32-15-4-2-3-13(9-15)26-21(29)19-8-5-14(11-27(19)22(30)31)25-20(28)12-33-16-6-7-17(23)18(24)10-16/h2-4,6-7,9-10,14,19H,5,8,11-12H2,1H3,(H,25,28)(H,26,29)(H,30,31)/t14-,19+/m0/s1. The topological polar surface area (TPSA) is 117 Å². The normalized spacial score (nSPS) is 17.7. The molecule has 0 aliphatic carbocycles. The molecule has 3 amide bonds. The maximum atomic E-state index is 13.5. The highest BCUT2D eigenvalue weighted by atomic mass is 35.5. The van der Waals surface area contributed by atoms with Crippen LogP contribution >= 0.6 is 11.6 Å². The molecule has 2 aromatic rings. The highest BCUT2D eigenvalue weighted by Crippen LogP contribution is 2.22. The van der Waals surface area contributed by atoms with Gasteiger partial charge in [-0.2, -0.15) is 0 Å². The average molecular weight is 480 g/mol. The summed E-state index contributed by atoms with van der Waals surface area (Å²) >= 11 is 5.61. The third-order valence-corrected chi connectivity index (χ3v) is 5.40. The molecule has 9 nitrogen and oxygen atoms in total. The second-order valence-electron chi connectivity index (χ2n) is 7.38. The summed E-state index contributed by atoms with van der Waals surface area (Å²) in [5.41, 5.74) is 0.482. The minimum Gasteiger partial charge on any atom is -0.497 e. The molecule has 0 aromatic heterocycles. The second-order valence-corrected chi connectivity index (χ2v) is 7.79. The number of hydrogen-bond donors (Lipinski definition) is 3. The smallest absolute Gasteiger partial charge is 0.408 e. The van der Waals surface area contributed by atoms with Gasteiger partial charge in [0.05, 0.1) is 12.1 Å². The molecular formula is C22H23ClFN3O6. The average Bonchev–Trinajstić information content (AvgIpc) is 2.79. The van der Waals surface area contributed by atoms with Crippen molar-refractivity contribution in [3.8, 4) is 11.5 Å². The Kier molecular flexibility index (Phi) is 7.94. The summed E-state index contributed by atoms with van der Waals surface area (Å²) in [5.74, 6) is -0.948. The van der Waals surface area contributed by atoms with Crippen molar-refractivity contribution in [1.82, 2.24) is 10.2 Å². The molecule has 3 rings (SSSR count). The third kappa shape index (κ3) is 6.48. The monoisotopic (exact) mass is 479 g/mol. The molecule has 33 heavy (non-hydrogen) atoms. The molecular weight excluding hydrogens is 457 g/mol. The van der Waals surface area contributed by atoms with Gasteiger partial charge >= 0.3 is 6.09 Å². The molecule has 1 saturated heterocycles. The Hall–Kier alpha value is -3.53. The van der Waals surface area contributed by atoms with Crippen LogP contribution in [0.25, 0.3) is 0 Å². The number of carboxylic acid groups (broad SMARTS) is 1. The van der Waals surface area contributed by atoms with Crippen molar-refractivity contribution in [1.29, 1.82) is 0 Å². The Labute approximate surface area is 194 Å². The van der Waals surface area contributed by atoms with Gasteiger partial charge in [0.15, 0.2) is 6.61 Å². The van der Waals surface area contributed by atoms with Gasteiger partial charge in [-0.1, -0.05) is 17.7 Å². The molecule has 3 N–H and O–H groups in total. The van der Waals surface area contributed by atoms with Gasteiger partial charge in [0, 0.05) is 30.4 Å². The molecule has 1 aliphatic heterocycles. The SMILES string of the molecule is COc1cccc(NC(=O)[C@H]2CC[C@H](NC(=O)COc3ccc(Cl)c(F)c3)CN2C(=O)O)c1. The fraction of sp³-hybridized carbons (Fsp3) is 0.318. The van der Waals surface area contributed by atoms with Gasteiger partial charge < -0.3 is 25.2 Å². The van der Waals surface area contributed by atoms with Crippen LogP contribution in [-0.2, 0) is 9.59 Å². The van der Waals surface area contributed by atoms with Gasteiger partial charge in [0.1, 0.15) is 23.4 Å². The van der Waals surface area contributed by atoms with Gasteiger partial charge in [0.2, 0.25) is 5.91 Å². The molecule has 1 fully saturated rings. The van der Waals surface area contributed by atoms with Gasteiger partial charge in [-0.05, 0) is 37.1 Å². The first kappa shape index (κ1) is 24.1. The van der Waals surface area contributed by atoms with Gasteiger partial charge in [-0.15, -0.1) is 0 Å². The number of carbonyl (C=O) groups is 3. The predicted octanol–water partition coefficient (Wildman–Crippen LogP) is 3.13. The second kappa shape index (κ2) is 10.9. The number of hydrogen-bond acceptors (Lipinski definition) is 5. The Morgan fingerprint density at radius 2 is 1.97 bits per heavy atom. The van der Waals surface area contributed by atoms with Crippen LogP contribution in [0, 0.1) is 5.82 Å². The molecule has 11 heteroatoms. The summed E-state index contributed by atoms with van der Waals surface area (Å²) in [7, 11) is 1.50. The van der Waals surface area contributed by atoms with Crippen molar-refractivity contribution in [3.63, 3.8) is 0 Å². The summed E-state index contributed by atoms with van der Waals surface area (Å²) in [6.07, 6.45) is -0.662. The number of nitrogens with one attached hydrogen (secondary N) is 2. The first-order chi connectivity index (χ1) is 15.8. The van der Waals surface area contributed by atoms with Crippen LogP contribution < -0.4 is 20.1 Å². The molecule has 2 atom stereocenters. The Morgan fingerprint density at radius 3 is 2.67 bits per heavy atom. The van der Waals surface area contributed by atoms with Crippen molar-refractivity contribution in [2.45, 2.75) is 24.9 Å². The molecule has 1 heterocycles. The minimum atomic E-state index is -1.27. The maximum Gasteiger partial charge on any atom is 0.408 e. The lowest BCUT2D eigenvalue weighted by Gasteiger charge is -2.37. The summed E-state index contributed by atoms with van der Waals surface area (Å²) in [5, 5.41) is 14.9. The summed E-state index contributed by atoms with van der Waals surface area (Å²) in [6, 6.07) is 9.12. The number of methoxy groups -OCH3 is 1. The van der Waals surface area contributed by atoms with Crippen LogP contribution in [0.5, 0.6) is 11.5 Å². The number of nitrogens with zero attached hydrogens (tertiary/aromatic N) is 1.